The van der Waals surface area contributed by atoms with Crippen molar-refractivity contribution < 1.29 is 14.2 Å². The summed E-state index contributed by atoms with van der Waals surface area (Å²) in [6.07, 6.45) is 8.13. The normalized spacial score (nSPS) is 24.4. The second-order valence-corrected chi connectivity index (χ2v) is 8.37. The minimum Gasteiger partial charge on any atom is -0.381 e. The third-order valence-corrected chi connectivity index (χ3v) is 6.46. The lowest BCUT2D eigenvalue weighted by atomic mass is 9.88. The third-order valence-electron chi connectivity index (χ3n) is 6.46. The number of nitrogens with one attached hydrogen (secondary N) is 2. The zero-order chi connectivity index (χ0) is 19.5. The minimum atomic E-state index is 0.221. The molecule has 0 unspecified atom stereocenters. The summed E-state index contributed by atoms with van der Waals surface area (Å²) < 4.78 is 16.9. The van der Waals surface area contributed by atoms with Gasteiger partial charge in [-0.05, 0) is 64.0 Å². The van der Waals surface area contributed by atoms with Crippen LogP contribution in [0.3, 0.4) is 0 Å². The van der Waals surface area contributed by atoms with Crippen molar-refractivity contribution in [2.24, 2.45) is 10.9 Å². The lowest BCUT2D eigenvalue weighted by Crippen LogP contribution is -2.58. The largest absolute Gasteiger partial charge is 0.381 e. The Labute approximate surface area is 170 Å². The van der Waals surface area contributed by atoms with Crippen molar-refractivity contribution in [3.63, 3.8) is 0 Å². The van der Waals surface area contributed by atoms with Gasteiger partial charge in [-0.25, -0.2) is 0 Å². The van der Waals surface area contributed by atoms with Gasteiger partial charge in [-0.2, -0.15) is 0 Å². The Bertz CT molecular complexity index is 457. The van der Waals surface area contributed by atoms with Gasteiger partial charge >= 0.3 is 0 Å². The van der Waals surface area contributed by atoms with E-state index < -0.39 is 0 Å². The van der Waals surface area contributed by atoms with Gasteiger partial charge in [-0.1, -0.05) is 0 Å². The molecule has 0 atom stereocenters. The second kappa shape index (κ2) is 12.0. The molecule has 0 radical (unpaired) electrons. The first kappa shape index (κ1) is 21.8. The predicted molar refractivity (Wildman–Crippen MR) is 112 cm³/mol. The van der Waals surface area contributed by atoms with Gasteiger partial charge in [-0.15, -0.1) is 0 Å². The lowest BCUT2D eigenvalue weighted by molar-refractivity contribution is -0.0164. The van der Waals surface area contributed by atoms with Crippen molar-refractivity contribution in [2.45, 2.75) is 50.5 Å². The van der Waals surface area contributed by atoms with E-state index in [1.54, 1.807) is 0 Å². The van der Waals surface area contributed by atoms with Crippen molar-refractivity contribution >= 4 is 5.96 Å². The standard InChI is InChI=1S/C21H40N4O3/c1-22-20(23-9-4-12-28-17-19-5-13-26-14-6-19)24-18-21(7-15-27-16-8-21)25-10-2-3-11-25/h19H,2-18H2,1H3,(H2,22,23,24). The maximum atomic E-state index is 5.85. The minimum absolute atomic E-state index is 0.221. The van der Waals surface area contributed by atoms with E-state index in [4.69, 9.17) is 14.2 Å². The fraction of sp³-hybridized carbons (Fsp3) is 0.952. The third kappa shape index (κ3) is 6.58. The van der Waals surface area contributed by atoms with Crippen LogP contribution in [-0.2, 0) is 14.2 Å². The Morgan fingerprint density at radius 1 is 1.07 bits per heavy atom. The Morgan fingerprint density at radius 3 is 2.50 bits per heavy atom. The maximum absolute atomic E-state index is 5.85. The highest BCUT2D eigenvalue weighted by Crippen LogP contribution is 2.30. The zero-order valence-electron chi connectivity index (χ0n) is 17.7. The maximum Gasteiger partial charge on any atom is 0.191 e. The van der Waals surface area contributed by atoms with Gasteiger partial charge in [0.15, 0.2) is 5.96 Å². The van der Waals surface area contributed by atoms with Crippen molar-refractivity contribution in [1.82, 2.24) is 15.5 Å². The van der Waals surface area contributed by atoms with E-state index in [2.05, 4.69) is 20.5 Å². The van der Waals surface area contributed by atoms with Crippen molar-refractivity contribution in [2.75, 3.05) is 72.9 Å². The molecule has 3 rings (SSSR count). The van der Waals surface area contributed by atoms with Crippen LogP contribution < -0.4 is 10.6 Å². The number of hydrogen-bond donors (Lipinski definition) is 2. The molecule has 0 saturated carbocycles. The lowest BCUT2D eigenvalue weighted by Gasteiger charge is -2.45. The summed E-state index contributed by atoms with van der Waals surface area (Å²) in [4.78, 5) is 7.09. The Morgan fingerprint density at radius 2 is 1.79 bits per heavy atom. The molecule has 28 heavy (non-hydrogen) atoms. The van der Waals surface area contributed by atoms with Crippen LogP contribution in [0.1, 0.15) is 44.9 Å². The van der Waals surface area contributed by atoms with Crippen molar-refractivity contribution in [1.29, 1.82) is 0 Å². The zero-order valence-corrected chi connectivity index (χ0v) is 17.7. The average Bonchev–Trinajstić information content (AvgIpc) is 3.30. The van der Waals surface area contributed by atoms with Crippen molar-refractivity contribution in [3.8, 4) is 0 Å². The van der Waals surface area contributed by atoms with Gasteiger partial charge in [0.25, 0.3) is 0 Å². The van der Waals surface area contributed by atoms with E-state index in [1.165, 1.54) is 25.9 Å². The summed E-state index contributed by atoms with van der Waals surface area (Å²) in [5.41, 5.74) is 0.221. The van der Waals surface area contributed by atoms with Crippen LogP contribution in [0.25, 0.3) is 0 Å². The smallest absolute Gasteiger partial charge is 0.191 e. The molecule has 0 bridgehead atoms. The van der Waals surface area contributed by atoms with Crippen LogP contribution in [0.2, 0.25) is 0 Å². The molecule has 0 aliphatic carbocycles. The first-order valence-corrected chi connectivity index (χ1v) is 11.3. The van der Waals surface area contributed by atoms with E-state index in [1.807, 2.05) is 7.05 Å². The summed E-state index contributed by atoms with van der Waals surface area (Å²) in [7, 11) is 1.85. The summed E-state index contributed by atoms with van der Waals surface area (Å²) >= 11 is 0. The number of hydrogen-bond acceptors (Lipinski definition) is 5. The Kier molecular flexibility index (Phi) is 9.31. The molecular weight excluding hydrogens is 356 g/mol. The molecule has 3 fully saturated rings. The van der Waals surface area contributed by atoms with Crippen LogP contribution in [0.15, 0.2) is 4.99 Å². The molecule has 3 heterocycles. The fourth-order valence-corrected chi connectivity index (χ4v) is 4.56. The highest BCUT2D eigenvalue weighted by molar-refractivity contribution is 5.79. The summed E-state index contributed by atoms with van der Waals surface area (Å²) in [6, 6.07) is 0. The van der Waals surface area contributed by atoms with Crippen LogP contribution in [0.5, 0.6) is 0 Å². The van der Waals surface area contributed by atoms with E-state index in [9.17, 15) is 0 Å². The SMILES string of the molecule is CN=C(NCCCOCC1CCOCC1)NCC1(N2CCCC2)CCOCC1. The fourth-order valence-electron chi connectivity index (χ4n) is 4.56. The number of nitrogens with zero attached hydrogens (tertiary/aromatic N) is 2. The molecule has 162 valence electrons. The van der Waals surface area contributed by atoms with E-state index in [0.717, 1.165) is 90.8 Å². The van der Waals surface area contributed by atoms with E-state index in [0.29, 0.717) is 5.92 Å². The molecule has 0 aromatic carbocycles. The molecule has 3 saturated heterocycles. The van der Waals surface area contributed by atoms with Gasteiger partial charge < -0.3 is 24.8 Å². The van der Waals surface area contributed by atoms with Crippen LogP contribution in [0, 0.1) is 5.92 Å². The van der Waals surface area contributed by atoms with Crippen LogP contribution >= 0.6 is 0 Å². The van der Waals surface area contributed by atoms with Gasteiger partial charge in [-0.3, -0.25) is 9.89 Å². The van der Waals surface area contributed by atoms with Crippen LogP contribution in [-0.4, -0.2) is 89.3 Å². The molecular formula is C21H40N4O3. The number of rotatable bonds is 9. The van der Waals surface area contributed by atoms with E-state index in [-0.39, 0.29) is 5.54 Å². The summed E-state index contributed by atoms with van der Waals surface area (Å²) in [5.74, 6) is 1.58. The molecule has 0 amide bonds. The predicted octanol–water partition coefficient (Wildman–Crippen LogP) is 1.63. The van der Waals surface area contributed by atoms with Gasteiger partial charge in [0.05, 0.1) is 0 Å². The highest BCUT2D eigenvalue weighted by atomic mass is 16.5. The molecule has 0 aromatic heterocycles. The number of ether oxygens (including phenoxy) is 3. The van der Waals surface area contributed by atoms with Gasteiger partial charge in [0, 0.05) is 65.3 Å². The first-order chi connectivity index (χ1) is 13.8. The number of likely N-dealkylation sites (tertiary alicyclic amines) is 1. The molecule has 0 spiro atoms. The van der Waals surface area contributed by atoms with Crippen LogP contribution in [0.4, 0.5) is 0 Å². The first-order valence-electron chi connectivity index (χ1n) is 11.3. The molecule has 2 N–H and O–H groups in total. The summed E-state index contributed by atoms with van der Waals surface area (Å²) in [5, 5.41) is 7.03. The molecule has 3 aliphatic heterocycles. The van der Waals surface area contributed by atoms with Gasteiger partial charge in [0.1, 0.15) is 0 Å². The Balaban J connectivity index is 1.32. The monoisotopic (exact) mass is 396 g/mol. The van der Waals surface area contributed by atoms with Gasteiger partial charge in [0.2, 0.25) is 0 Å². The topological polar surface area (TPSA) is 67.4 Å². The second-order valence-electron chi connectivity index (χ2n) is 8.37. The molecule has 0 aromatic rings. The highest BCUT2D eigenvalue weighted by Gasteiger charge is 2.39. The molecule has 7 nitrogen and oxygen atoms in total. The van der Waals surface area contributed by atoms with E-state index >= 15 is 0 Å². The summed E-state index contributed by atoms with van der Waals surface area (Å²) in [6.45, 7) is 9.46. The quantitative estimate of drug-likeness (QED) is 0.351. The average molecular weight is 397 g/mol. The number of guanidine groups is 1. The van der Waals surface area contributed by atoms with Crippen molar-refractivity contribution in [3.05, 3.63) is 0 Å². The Hall–Kier alpha value is -0.890. The number of aliphatic imine (C=N–C) groups is 1. The molecule has 3 aliphatic rings. The molecule has 7 heteroatoms.